The lowest BCUT2D eigenvalue weighted by Crippen LogP contribution is -2.42. The van der Waals surface area contributed by atoms with Crippen LogP contribution in [0, 0.1) is 0 Å². The minimum absolute atomic E-state index is 0.0304. The van der Waals surface area contributed by atoms with Crippen LogP contribution in [0.25, 0.3) is 0 Å². The van der Waals surface area contributed by atoms with Gasteiger partial charge in [0.25, 0.3) is 0 Å². The fourth-order valence-electron chi connectivity index (χ4n) is 1.67. The minimum atomic E-state index is 0.0304. The number of guanidine groups is 1. The molecule has 1 aromatic rings. The van der Waals surface area contributed by atoms with E-state index in [1.165, 1.54) is 0 Å². The molecule has 0 saturated heterocycles. The van der Waals surface area contributed by atoms with Crippen molar-refractivity contribution >= 4 is 11.9 Å². The standard InChI is InChI=1S/C14H22N4O/c1-3-18(4-2)13(19)11-17-14(15)16-10-12-8-6-5-7-9-12/h5-9H,3-4,10-11H2,1-2H3,(H3,15,16,17). The van der Waals surface area contributed by atoms with Crippen molar-refractivity contribution < 1.29 is 4.79 Å². The summed E-state index contributed by atoms with van der Waals surface area (Å²) in [6.45, 7) is 6.02. The highest BCUT2D eigenvalue weighted by Crippen LogP contribution is 1.99. The molecule has 0 spiro atoms. The summed E-state index contributed by atoms with van der Waals surface area (Å²) < 4.78 is 0. The Balaban J connectivity index is 2.38. The Morgan fingerprint density at radius 1 is 1.26 bits per heavy atom. The molecule has 0 fully saturated rings. The zero-order chi connectivity index (χ0) is 14.1. The molecular formula is C14H22N4O. The van der Waals surface area contributed by atoms with E-state index in [-0.39, 0.29) is 12.5 Å². The van der Waals surface area contributed by atoms with Gasteiger partial charge in [0.1, 0.15) is 0 Å². The SMILES string of the molecule is CCN(CC)C(=O)CNC(N)=NCc1ccccc1. The minimum Gasteiger partial charge on any atom is -0.370 e. The van der Waals surface area contributed by atoms with Crippen molar-refractivity contribution in [2.75, 3.05) is 19.6 Å². The zero-order valence-corrected chi connectivity index (χ0v) is 11.6. The fourth-order valence-corrected chi connectivity index (χ4v) is 1.67. The third kappa shape index (κ3) is 5.42. The molecule has 5 nitrogen and oxygen atoms in total. The van der Waals surface area contributed by atoms with Crippen LogP contribution in [0.5, 0.6) is 0 Å². The highest BCUT2D eigenvalue weighted by Gasteiger charge is 2.08. The quantitative estimate of drug-likeness (QED) is 0.592. The van der Waals surface area contributed by atoms with Gasteiger partial charge in [0.15, 0.2) is 5.96 Å². The van der Waals surface area contributed by atoms with Crippen LogP contribution in [0.4, 0.5) is 0 Å². The molecule has 0 saturated carbocycles. The number of hydrogen-bond acceptors (Lipinski definition) is 2. The number of carbonyl (C=O) groups excluding carboxylic acids is 1. The molecule has 0 aliphatic heterocycles. The van der Waals surface area contributed by atoms with E-state index < -0.39 is 0 Å². The third-order valence-electron chi connectivity index (χ3n) is 2.81. The third-order valence-corrected chi connectivity index (χ3v) is 2.81. The van der Waals surface area contributed by atoms with Crippen molar-refractivity contribution in [2.45, 2.75) is 20.4 Å². The molecule has 0 radical (unpaired) electrons. The molecule has 3 N–H and O–H groups in total. The first-order valence-electron chi connectivity index (χ1n) is 6.52. The Labute approximate surface area is 114 Å². The van der Waals surface area contributed by atoms with Crippen molar-refractivity contribution in [1.29, 1.82) is 0 Å². The molecule has 1 amide bonds. The Morgan fingerprint density at radius 2 is 1.89 bits per heavy atom. The normalized spacial score (nSPS) is 11.2. The number of nitrogens with two attached hydrogens (primary N) is 1. The number of likely N-dealkylation sites (N-methyl/N-ethyl adjacent to an activating group) is 1. The number of rotatable bonds is 6. The molecule has 5 heteroatoms. The van der Waals surface area contributed by atoms with Crippen LogP contribution in [0.2, 0.25) is 0 Å². The van der Waals surface area contributed by atoms with Crippen LogP contribution in [-0.4, -0.2) is 36.4 Å². The average Bonchev–Trinajstić information content (AvgIpc) is 2.45. The van der Waals surface area contributed by atoms with E-state index in [0.29, 0.717) is 25.6 Å². The summed E-state index contributed by atoms with van der Waals surface area (Å²) in [5.41, 5.74) is 6.81. The molecule has 0 bridgehead atoms. The number of carbonyl (C=O) groups is 1. The molecule has 0 atom stereocenters. The van der Waals surface area contributed by atoms with Gasteiger partial charge in [0, 0.05) is 13.1 Å². The van der Waals surface area contributed by atoms with Crippen molar-refractivity contribution in [2.24, 2.45) is 10.7 Å². The van der Waals surface area contributed by atoms with E-state index in [9.17, 15) is 4.79 Å². The smallest absolute Gasteiger partial charge is 0.241 e. The van der Waals surface area contributed by atoms with E-state index in [2.05, 4.69) is 10.3 Å². The number of amides is 1. The summed E-state index contributed by atoms with van der Waals surface area (Å²) in [6.07, 6.45) is 0. The van der Waals surface area contributed by atoms with Crippen LogP contribution in [0.1, 0.15) is 19.4 Å². The molecule has 0 aliphatic rings. The summed E-state index contributed by atoms with van der Waals surface area (Å²) in [5.74, 6) is 0.326. The summed E-state index contributed by atoms with van der Waals surface area (Å²) in [7, 11) is 0. The second-order valence-corrected chi connectivity index (χ2v) is 4.11. The zero-order valence-electron chi connectivity index (χ0n) is 11.6. The van der Waals surface area contributed by atoms with Gasteiger partial charge in [-0.05, 0) is 19.4 Å². The molecule has 0 aliphatic carbocycles. The highest BCUT2D eigenvalue weighted by atomic mass is 16.2. The molecule has 104 valence electrons. The van der Waals surface area contributed by atoms with Crippen molar-refractivity contribution in [3.05, 3.63) is 35.9 Å². The molecule has 0 aromatic heterocycles. The van der Waals surface area contributed by atoms with Gasteiger partial charge >= 0.3 is 0 Å². The second-order valence-electron chi connectivity index (χ2n) is 4.11. The predicted molar refractivity (Wildman–Crippen MR) is 77.7 cm³/mol. The van der Waals surface area contributed by atoms with Gasteiger partial charge in [-0.1, -0.05) is 30.3 Å². The maximum absolute atomic E-state index is 11.7. The lowest BCUT2D eigenvalue weighted by atomic mass is 10.2. The average molecular weight is 262 g/mol. The lowest BCUT2D eigenvalue weighted by molar-refractivity contribution is -0.129. The van der Waals surface area contributed by atoms with Crippen molar-refractivity contribution in [3.8, 4) is 0 Å². The van der Waals surface area contributed by atoms with Crippen LogP contribution < -0.4 is 11.1 Å². The monoisotopic (exact) mass is 262 g/mol. The number of benzene rings is 1. The van der Waals surface area contributed by atoms with Crippen LogP contribution >= 0.6 is 0 Å². The van der Waals surface area contributed by atoms with Gasteiger partial charge < -0.3 is 16.0 Å². The predicted octanol–water partition coefficient (Wildman–Crippen LogP) is 0.959. The summed E-state index contributed by atoms with van der Waals surface area (Å²) in [5, 5.41) is 2.84. The van der Waals surface area contributed by atoms with Crippen LogP contribution in [0.15, 0.2) is 35.3 Å². The molecule has 19 heavy (non-hydrogen) atoms. The van der Waals surface area contributed by atoms with Gasteiger partial charge in [-0.25, -0.2) is 4.99 Å². The van der Waals surface area contributed by atoms with Crippen LogP contribution in [-0.2, 0) is 11.3 Å². The summed E-state index contributed by atoms with van der Waals surface area (Å²) in [6, 6.07) is 9.84. The lowest BCUT2D eigenvalue weighted by Gasteiger charge is -2.18. The second kappa shape index (κ2) is 8.13. The Kier molecular flexibility index (Phi) is 6.43. The fraction of sp³-hybridized carbons (Fsp3) is 0.429. The van der Waals surface area contributed by atoms with Gasteiger partial charge in [-0.2, -0.15) is 0 Å². The number of hydrogen-bond donors (Lipinski definition) is 2. The summed E-state index contributed by atoms with van der Waals surface area (Å²) >= 11 is 0. The molecular weight excluding hydrogens is 240 g/mol. The van der Waals surface area contributed by atoms with Crippen molar-refractivity contribution in [3.63, 3.8) is 0 Å². The van der Waals surface area contributed by atoms with Gasteiger partial charge in [0.2, 0.25) is 5.91 Å². The Bertz CT molecular complexity index is 413. The van der Waals surface area contributed by atoms with E-state index >= 15 is 0 Å². The van der Waals surface area contributed by atoms with Gasteiger partial charge in [0.05, 0.1) is 13.1 Å². The molecule has 0 heterocycles. The largest absolute Gasteiger partial charge is 0.370 e. The maximum atomic E-state index is 11.7. The van der Waals surface area contributed by atoms with Gasteiger partial charge in [-0.3, -0.25) is 4.79 Å². The molecule has 1 aromatic carbocycles. The Hall–Kier alpha value is -2.04. The van der Waals surface area contributed by atoms with E-state index in [4.69, 9.17) is 5.73 Å². The topological polar surface area (TPSA) is 70.7 Å². The summed E-state index contributed by atoms with van der Waals surface area (Å²) in [4.78, 5) is 17.7. The van der Waals surface area contributed by atoms with Crippen molar-refractivity contribution in [1.82, 2.24) is 10.2 Å². The first-order valence-corrected chi connectivity index (χ1v) is 6.52. The first-order chi connectivity index (χ1) is 9.17. The number of nitrogens with one attached hydrogen (secondary N) is 1. The van der Waals surface area contributed by atoms with E-state index in [1.807, 2.05) is 44.2 Å². The number of aliphatic imine (C=N–C) groups is 1. The van der Waals surface area contributed by atoms with Gasteiger partial charge in [-0.15, -0.1) is 0 Å². The van der Waals surface area contributed by atoms with Crippen LogP contribution in [0.3, 0.4) is 0 Å². The highest BCUT2D eigenvalue weighted by molar-refractivity contribution is 5.85. The first kappa shape index (κ1) is 15.0. The number of nitrogens with zero attached hydrogens (tertiary/aromatic N) is 2. The van der Waals surface area contributed by atoms with E-state index in [1.54, 1.807) is 4.90 Å². The maximum Gasteiger partial charge on any atom is 0.241 e. The Morgan fingerprint density at radius 3 is 2.47 bits per heavy atom. The van der Waals surface area contributed by atoms with E-state index in [0.717, 1.165) is 5.56 Å². The molecule has 0 unspecified atom stereocenters. The molecule has 1 rings (SSSR count).